The average Bonchev–Trinajstić information content (AvgIpc) is 2.49. The van der Waals surface area contributed by atoms with E-state index in [1.807, 2.05) is 0 Å². The van der Waals surface area contributed by atoms with Gasteiger partial charge in [-0.15, -0.1) is 0 Å². The molecule has 0 radical (unpaired) electrons. The van der Waals surface area contributed by atoms with E-state index in [1.165, 1.54) is 12.3 Å². The molecule has 0 aliphatic rings. The van der Waals surface area contributed by atoms with Gasteiger partial charge in [0.15, 0.2) is 0 Å². The number of carboxylic acid groups (broad SMARTS) is 1. The highest BCUT2D eigenvalue weighted by atomic mass is 16.4. The lowest BCUT2D eigenvalue weighted by Crippen LogP contribution is -2.35. The summed E-state index contributed by atoms with van der Waals surface area (Å²) in [6.07, 6.45) is 3.87. The Morgan fingerprint density at radius 3 is 2.71 bits per heavy atom. The Balaban J connectivity index is 2.67. The number of carbonyl (C=O) groups is 2. The highest BCUT2D eigenvalue weighted by Gasteiger charge is 2.11. The Morgan fingerprint density at radius 1 is 1.38 bits per heavy atom. The fourth-order valence-corrected chi connectivity index (χ4v) is 1.85. The number of likely N-dealkylation sites (N-methyl/N-ethyl adjacent to an activating group) is 1. The van der Waals surface area contributed by atoms with Crippen molar-refractivity contribution in [2.75, 3.05) is 26.2 Å². The van der Waals surface area contributed by atoms with Crippen LogP contribution in [0.25, 0.3) is 6.08 Å². The zero-order chi connectivity index (χ0) is 15.7. The number of amides is 1. The molecule has 6 heteroatoms. The van der Waals surface area contributed by atoms with Gasteiger partial charge in [0.2, 0.25) is 0 Å². The topological polar surface area (TPSA) is 82.5 Å². The molecule has 2 N–H and O–H groups in total. The summed E-state index contributed by atoms with van der Waals surface area (Å²) < 4.78 is 0. The summed E-state index contributed by atoms with van der Waals surface area (Å²) in [4.78, 5) is 28.9. The van der Waals surface area contributed by atoms with Crippen molar-refractivity contribution in [3.63, 3.8) is 0 Å². The zero-order valence-electron chi connectivity index (χ0n) is 12.4. The van der Waals surface area contributed by atoms with Gasteiger partial charge in [-0.2, -0.15) is 0 Å². The molecule has 0 bridgehead atoms. The van der Waals surface area contributed by atoms with E-state index in [0.29, 0.717) is 12.1 Å². The molecule has 21 heavy (non-hydrogen) atoms. The third kappa shape index (κ3) is 5.74. The van der Waals surface area contributed by atoms with Crippen molar-refractivity contribution < 1.29 is 14.7 Å². The summed E-state index contributed by atoms with van der Waals surface area (Å²) in [5.74, 6) is -1.36. The van der Waals surface area contributed by atoms with Crippen molar-refractivity contribution in [3.8, 4) is 0 Å². The molecule has 1 amide bonds. The second kappa shape index (κ2) is 8.86. The van der Waals surface area contributed by atoms with E-state index in [2.05, 4.69) is 29.0 Å². The summed E-state index contributed by atoms with van der Waals surface area (Å²) in [5, 5.41) is 11.4. The lowest BCUT2D eigenvalue weighted by Gasteiger charge is -2.18. The molecule has 114 valence electrons. The highest BCUT2D eigenvalue weighted by Crippen LogP contribution is 2.07. The number of aromatic nitrogens is 1. The standard InChI is InChI=1S/C15H21N3O3/c1-3-18(4-2)11-10-17-15(21)14-12(6-5-9-16-14)7-8-13(19)20/h5-9H,3-4,10-11H2,1-2H3,(H,17,21)(H,19,20)/b8-7+. The molecule has 6 nitrogen and oxygen atoms in total. The smallest absolute Gasteiger partial charge is 0.328 e. The van der Waals surface area contributed by atoms with Gasteiger partial charge in [0, 0.05) is 30.9 Å². The Hall–Kier alpha value is -2.21. The van der Waals surface area contributed by atoms with Crippen molar-refractivity contribution in [1.82, 2.24) is 15.2 Å². The second-order valence-corrected chi connectivity index (χ2v) is 4.40. The Morgan fingerprint density at radius 2 is 2.10 bits per heavy atom. The Bertz CT molecular complexity index is 511. The summed E-state index contributed by atoms with van der Waals surface area (Å²) in [7, 11) is 0. The van der Waals surface area contributed by atoms with Gasteiger partial charge in [0.25, 0.3) is 5.91 Å². The van der Waals surface area contributed by atoms with Crippen molar-refractivity contribution in [3.05, 3.63) is 35.7 Å². The number of carbonyl (C=O) groups excluding carboxylic acids is 1. The van der Waals surface area contributed by atoms with Gasteiger partial charge in [0.1, 0.15) is 5.69 Å². The lowest BCUT2D eigenvalue weighted by atomic mass is 10.1. The van der Waals surface area contributed by atoms with E-state index in [4.69, 9.17) is 5.11 Å². The summed E-state index contributed by atoms with van der Waals surface area (Å²) >= 11 is 0. The fourth-order valence-electron chi connectivity index (χ4n) is 1.85. The normalized spacial score (nSPS) is 11.0. The second-order valence-electron chi connectivity index (χ2n) is 4.40. The molecule has 0 aromatic carbocycles. The summed E-state index contributed by atoms with van der Waals surface area (Å²) in [6.45, 7) is 7.30. The predicted octanol–water partition coefficient (Wildman–Crippen LogP) is 1.25. The SMILES string of the molecule is CCN(CC)CCNC(=O)c1ncccc1/C=C/C(=O)O. The fraction of sp³-hybridized carbons (Fsp3) is 0.400. The van der Waals surface area contributed by atoms with Gasteiger partial charge in [0.05, 0.1) is 0 Å². The van der Waals surface area contributed by atoms with Gasteiger partial charge in [-0.05, 0) is 25.2 Å². The van der Waals surface area contributed by atoms with Crippen molar-refractivity contribution >= 4 is 18.0 Å². The number of nitrogens with one attached hydrogen (secondary N) is 1. The van der Waals surface area contributed by atoms with E-state index < -0.39 is 5.97 Å². The van der Waals surface area contributed by atoms with Crippen molar-refractivity contribution in [2.45, 2.75) is 13.8 Å². The maximum atomic E-state index is 12.1. The Kier molecular flexibility index (Phi) is 7.11. The van der Waals surface area contributed by atoms with Crippen molar-refractivity contribution in [1.29, 1.82) is 0 Å². The first-order valence-corrected chi connectivity index (χ1v) is 6.95. The molecule has 0 aliphatic carbocycles. The van der Waals surface area contributed by atoms with Crippen LogP contribution in [0.15, 0.2) is 24.4 Å². The predicted molar refractivity (Wildman–Crippen MR) is 81.0 cm³/mol. The average molecular weight is 291 g/mol. The quantitative estimate of drug-likeness (QED) is 0.704. The van der Waals surface area contributed by atoms with Crippen LogP contribution in [0.3, 0.4) is 0 Å². The molecular formula is C15H21N3O3. The summed E-state index contributed by atoms with van der Waals surface area (Å²) in [5.41, 5.74) is 0.717. The lowest BCUT2D eigenvalue weighted by molar-refractivity contribution is -0.131. The van der Waals surface area contributed by atoms with Crippen LogP contribution >= 0.6 is 0 Å². The molecule has 1 aromatic rings. The molecular weight excluding hydrogens is 270 g/mol. The minimum absolute atomic E-state index is 0.231. The van der Waals surface area contributed by atoms with Gasteiger partial charge < -0.3 is 15.3 Å². The third-order valence-electron chi connectivity index (χ3n) is 3.07. The largest absolute Gasteiger partial charge is 0.478 e. The van der Waals surface area contributed by atoms with Crippen LogP contribution in [0.4, 0.5) is 0 Å². The molecule has 0 atom stereocenters. The zero-order valence-corrected chi connectivity index (χ0v) is 12.4. The van der Waals surface area contributed by atoms with E-state index in [-0.39, 0.29) is 11.6 Å². The van der Waals surface area contributed by atoms with Crippen molar-refractivity contribution in [2.24, 2.45) is 0 Å². The first-order valence-electron chi connectivity index (χ1n) is 6.95. The number of nitrogens with zero attached hydrogens (tertiary/aromatic N) is 2. The minimum Gasteiger partial charge on any atom is -0.478 e. The van der Waals surface area contributed by atoms with Gasteiger partial charge in [-0.3, -0.25) is 9.78 Å². The van der Waals surface area contributed by atoms with Crippen LogP contribution in [0, 0.1) is 0 Å². The first kappa shape index (κ1) is 16.8. The monoisotopic (exact) mass is 291 g/mol. The van der Waals surface area contributed by atoms with Gasteiger partial charge in [-0.1, -0.05) is 19.9 Å². The van der Waals surface area contributed by atoms with Crippen LogP contribution < -0.4 is 5.32 Å². The number of carboxylic acids is 1. The molecule has 1 heterocycles. The molecule has 0 saturated heterocycles. The van der Waals surface area contributed by atoms with Crippen LogP contribution in [-0.4, -0.2) is 53.0 Å². The van der Waals surface area contributed by atoms with E-state index in [1.54, 1.807) is 12.1 Å². The third-order valence-corrected chi connectivity index (χ3v) is 3.07. The maximum absolute atomic E-state index is 12.1. The molecule has 1 rings (SSSR count). The molecule has 1 aromatic heterocycles. The molecule has 0 saturated carbocycles. The number of hydrogen-bond acceptors (Lipinski definition) is 4. The molecule has 0 aliphatic heterocycles. The van der Waals surface area contributed by atoms with E-state index in [9.17, 15) is 9.59 Å². The van der Waals surface area contributed by atoms with Crippen LogP contribution in [-0.2, 0) is 4.79 Å². The van der Waals surface area contributed by atoms with Crippen LogP contribution in [0.2, 0.25) is 0 Å². The molecule has 0 unspecified atom stereocenters. The van der Waals surface area contributed by atoms with Gasteiger partial charge in [-0.25, -0.2) is 4.79 Å². The molecule has 0 spiro atoms. The van der Waals surface area contributed by atoms with Crippen LogP contribution in [0.5, 0.6) is 0 Å². The highest BCUT2D eigenvalue weighted by molar-refractivity contribution is 5.97. The number of aliphatic carboxylic acids is 1. The summed E-state index contributed by atoms with van der Waals surface area (Å²) in [6, 6.07) is 3.32. The van der Waals surface area contributed by atoms with E-state index in [0.717, 1.165) is 25.7 Å². The van der Waals surface area contributed by atoms with E-state index >= 15 is 0 Å². The Labute approximate surface area is 124 Å². The first-order chi connectivity index (χ1) is 10.1. The number of rotatable bonds is 8. The van der Waals surface area contributed by atoms with Gasteiger partial charge >= 0.3 is 5.97 Å². The maximum Gasteiger partial charge on any atom is 0.328 e. The minimum atomic E-state index is -1.06. The van der Waals surface area contributed by atoms with Crippen LogP contribution in [0.1, 0.15) is 29.9 Å². The number of pyridine rings is 1. The number of hydrogen-bond donors (Lipinski definition) is 2. The molecule has 0 fully saturated rings.